The van der Waals surface area contributed by atoms with E-state index in [1.54, 1.807) is 7.05 Å². The van der Waals surface area contributed by atoms with Gasteiger partial charge in [-0.05, 0) is 55.8 Å². The van der Waals surface area contributed by atoms with Crippen molar-refractivity contribution in [1.82, 2.24) is 25.1 Å². The number of aromatic nitrogens is 2. The third kappa shape index (κ3) is 4.92. The Morgan fingerprint density at radius 1 is 1.32 bits per heavy atom. The molecule has 0 spiro atoms. The van der Waals surface area contributed by atoms with Gasteiger partial charge in [-0.15, -0.1) is 0 Å². The van der Waals surface area contributed by atoms with Gasteiger partial charge in [-0.2, -0.15) is 0 Å². The van der Waals surface area contributed by atoms with Crippen LogP contribution in [0.3, 0.4) is 0 Å². The van der Waals surface area contributed by atoms with Crippen molar-refractivity contribution in [3.05, 3.63) is 30.1 Å². The fourth-order valence-electron chi connectivity index (χ4n) is 4.63. The van der Waals surface area contributed by atoms with Crippen LogP contribution in [0.1, 0.15) is 52.5 Å². The lowest BCUT2D eigenvalue weighted by Crippen LogP contribution is -2.58. The number of hydrogen-bond acceptors (Lipinski definition) is 4. The van der Waals surface area contributed by atoms with Gasteiger partial charge in [-0.3, -0.25) is 9.59 Å². The van der Waals surface area contributed by atoms with Crippen molar-refractivity contribution < 1.29 is 9.59 Å². The van der Waals surface area contributed by atoms with Crippen molar-refractivity contribution in [1.29, 1.82) is 0 Å². The maximum Gasteiger partial charge on any atom is 0.245 e. The lowest BCUT2D eigenvalue weighted by Gasteiger charge is -2.36. The maximum atomic E-state index is 13.7. The fourth-order valence-corrected chi connectivity index (χ4v) is 4.63. The van der Waals surface area contributed by atoms with Crippen molar-refractivity contribution in [2.24, 2.45) is 12.5 Å². The van der Waals surface area contributed by atoms with Gasteiger partial charge >= 0.3 is 0 Å². The first-order valence-corrected chi connectivity index (χ1v) is 11.3. The quantitative estimate of drug-likeness (QED) is 0.712. The number of nitrogens with one attached hydrogen (secondary N) is 2. The Hall–Kier alpha value is -2.41. The highest BCUT2D eigenvalue weighted by molar-refractivity contribution is 5.90. The lowest BCUT2D eigenvalue weighted by atomic mass is 9.85. The first-order chi connectivity index (χ1) is 14.7. The Labute approximate surface area is 185 Å². The topological polar surface area (TPSA) is 79.3 Å². The summed E-state index contributed by atoms with van der Waals surface area (Å²) in [5, 5.41) is 7.22. The minimum Gasteiger partial charge on any atom is -0.342 e. The molecule has 0 saturated carbocycles. The molecule has 3 heterocycles. The molecule has 1 aliphatic rings. The second-order valence-corrected chi connectivity index (χ2v) is 9.73. The summed E-state index contributed by atoms with van der Waals surface area (Å²) < 4.78 is 2.05. The molecule has 2 amide bonds. The molecule has 0 aliphatic carbocycles. The summed E-state index contributed by atoms with van der Waals surface area (Å²) in [5.41, 5.74) is 1.80. The van der Waals surface area contributed by atoms with Gasteiger partial charge in [0.15, 0.2) is 0 Å². The number of pyridine rings is 1. The smallest absolute Gasteiger partial charge is 0.245 e. The molecular formula is C24H37N5O2. The Kier molecular flexibility index (Phi) is 7.04. The molecule has 1 saturated heterocycles. The third-order valence-electron chi connectivity index (χ3n) is 6.40. The summed E-state index contributed by atoms with van der Waals surface area (Å²) in [6.07, 6.45) is 7.37. The van der Waals surface area contributed by atoms with Crippen LogP contribution >= 0.6 is 0 Å². The highest BCUT2D eigenvalue weighted by atomic mass is 16.2. The van der Waals surface area contributed by atoms with E-state index in [4.69, 9.17) is 0 Å². The summed E-state index contributed by atoms with van der Waals surface area (Å²) in [6, 6.07) is 3.33. The Balaban J connectivity index is 1.81. The maximum absolute atomic E-state index is 13.7. The van der Waals surface area contributed by atoms with E-state index >= 15 is 0 Å². The van der Waals surface area contributed by atoms with Crippen molar-refractivity contribution in [3.8, 4) is 0 Å². The Bertz CT molecular complexity index is 926. The second kappa shape index (κ2) is 9.39. The molecule has 7 nitrogen and oxygen atoms in total. The van der Waals surface area contributed by atoms with Crippen molar-refractivity contribution in [2.45, 2.75) is 71.5 Å². The number of likely N-dealkylation sites (tertiary alicyclic amines) is 1. The van der Waals surface area contributed by atoms with Crippen LogP contribution in [0.4, 0.5) is 0 Å². The molecule has 3 atom stereocenters. The van der Waals surface area contributed by atoms with E-state index in [1.807, 2.05) is 56.5 Å². The molecule has 1 fully saturated rings. The number of rotatable bonds is 7. The zero-order valence-electron chi connectivity index (χ0n) is 19.7. The van der Waals surface area contributed by atoms with Crippen molar-refractivity contribution >= 4 is 22.8 Å². The molecule has 2 N–H and O–H groups in total. The van der Waals surface area contributed by atoms with Crippen LogP contribution in [-0.2, 0) is 23.1 Å². The van der Waals surface area contributed by atoms with E-state index in [-0.39, 0.29) is 29.3 Å². The summed E-state index contributed by atoms with van der Waals surface area (Å²) >= 11 is 0. The first-order valence-electron chi connectivity index (χ1n) is 11.3. The number of hydrogen-bond donors (Lipinski definition) is 2. The van der Waals surface area contributed by atoms with Gasteiger partial charge in [0.05, 0.1) is 6.04 Å². The molecule has 0 radical (unpaired) electrons. The van der Waals surface area contributed by atoms with Crippen LogP contribution in [0.25, 0.3) is 11.0 Å². The van der Waals surface area contributed by atoms with Crippen LogP contribution in [0.5, 0.6) is 0 Å². The average Bonchev–Trinajstić information content (AvgIpc) is 3.31. The number of fused-ring (bicyclic) bond motifs is 1. The SMILES string of the molecule is CC[C@H](NC)C(=O)N[C@H](C(=O)N1CCC[C@@H]1Cc1cn(C)c2ncccc12)C(C)(C)C. The summed E-state index contributed by atoms with van der Waals surface area (Å²) in [7, 11) is 3.78. The zero-order valence-corrected chi connectivity index (χ0v) is 19.7. The minimum absolute atomic E-state index is 0.0210. The van der Waals surface area contributed by atoms with E-state index < -0.39 is 6.04 Å². The number of aryl methyl sites for hydroxylation is 1. The van der Waals surface area contributed by atoms with Crippen LogP contribution in [0.15, 0.2) is 24.5 Å². The summed E-state index contributed by atoms with van der Waals surface area (Å²) in [4.78, 5) is 32.9. The highest BCUT2D eigenvalue weighted by Gasteiger charge is 2.40. The molecule has 170 valence electrons. The molecule has 3 rings (SSSR count). The van der Waals surface area contributed by atoms with Gasteiger partial charge < -0.3 is 20.1 Å². The average molecular weight is 428 g/mol. The van der Waals surface area contributed by atoms with E-state index in [1.165, 1.54) is 5.56 Å². The minimum atomic E-state index is -0.558. The van der Waals surface area contributed by atoms with Crippen LogP contribution in [-0.4, -0.2) is 58.0 Å². The molecule has 0 aromatic carbocycles. The molecule has 0 unspecified atom stereocenters. The molecule has 0 bridgehead atoms. The van der Waals surface area contributed by atoms with Gasteiger partial charge in [0.2, 0.25) is 11.8 Å². The molecule has 2 aromatic heterocycles. The zero-order chi connectivity index (χ0) is 22.8. The lowest BCUT2D eigenvalue weighted by molar-refractivity contribution is -0.140. The standard InChI is InChI=1S/C24H37N5O2/c1-7-19(25-5)22(30)27-20(24(2,3)4)23(31)29-13-9-10-17(29)14-16-15-28(6)21-18(16)11-8-12-26-21/h8,11-12,15,17,19-20,25H,7,9-10,13-14H2,1-6H3,(H,27,30)/t17-,19+,20-/m1/s1. The molecule has 1 aliphatic heterocycles. The molecular weight excluding hydrogens is 390 g/mol. The van der Waals surface area contributed by atoms with E-state index in [9.17, 15) is 9.59 Å². The highest BCUT2D eigenvalue weighted by Crippen LogP contribution is 2.29. The first kappa shape index (κ1) is 23.3. The van der Waals surface area contributed by atoms with Gasteiger partial charge in [0.25, 0.3) is 0 Å². The molecule has 7 heteroatoms. The van der Waals surface area contributed by atoms with Crippen molar-refractivity contribution in [2.75, 3.05) is 13.6 Å². The monoisotopic (exact) mass is 427 g/mol. The Morgan fingerprint density at radius 2 is 2.06 bits per heavy atom. The largest absolute Gasteiger partial charge is 0.342 e. The van der Waals surface area contributed by atoms with Gasteiger partial charge in [0.1, 0.15) is 11.7 Å². The molecule has 31 heavy (non-hydrogen) atoms. The number of nitrogens with zero attached hydrogens (tertiary/aromatic N) is 3. The normalized spacial score (nSPS) is 18.9. The van der Waals surface area contributed by atoms with E-state index in [2.05, 4.69) is 27.9 Å². The predicted molar refractivity (Wildman–Crippen MR) is 124 cm³/mol. The number of amides is 2. The Morgan fingerprint density at radius 3 is 2.71 bits per heavy atom. The number of likely N-dealkylation sites (N-methyl/N-ethyl adjacent to an activating group) is 1. The van der Waals surface area contributed by atoms with Gasteiger partial charge in [-0.1, -0.05) is 27.7 Å². The predicted octanol–water partition coefficient (Wildman–Crippen LogP) is 2.64. The molecule has 2 aromatic rings. The number of carbonyl (C=O) groups excluding carboxylic acids is 2. The third-order valence-corrected chi connectivity index (χ3v) is 6.40. The van der Waals surface area contributed by atoms with Crippen LogP contribution in [0, 0.1) is 5.41 Å². The second-order valence-electron chi connectivity index (χ2n) is 9.73. The van der Waals surface area contributed by atoms with Gasteiger partial charge in [-0.25, -0.2) is 4.98 Å². The number of carbonyl (C=O) groups is 2. The van der Waals surface area contributed by atoms with Crippen LogP contribution in [0.2, 0.25) is 0 Å². The van der Waals surface area contributed by atoms with E-state index in [0.717, 1.165) is 36.8 Å². The summed E-state index contributed by atoms with van der Waals surface area (Å²) in [6.45, 7) is 8.73. The van der Waals surface area contributed by atoms with Crippen molar-refractivity contribution in [3.63, 3.8) is 0 Å². The van der Waals surface area contributed by atoms with Gasteiger partial charge in [0, 0.05) is 37.4 Å². The summed E-state index contributed by atoms with van der Waals surface area (Å²) in [5.74, 6) is -0.0955. The van der Waals surface area contributed by atoms with Crippen LogP contribution < -0.4 is 10.6 Å². The fraction of sp³-hybridized carbons (Fsp3) is 0.625. The van der Waals surface area contributed by atoms with E-state index in [0.29, 0.717) is 6.42 Å².